The van der Waals surface area contributed by atoms with Crippen LogP contribution < -0.4 is 11.1 Å². The van der Waals surface area contributed by atoms with Crippen molar-refractivity contribution in [1.29, 1.82) is 0 Å². The summed E-state index contributed by atoms with van der Waals surface area (Å²) in [5, 5.41) is 21.0. The van der Waals surface area contributed by atoms with Crippen LogP contribution in [0.2, 0.25) is 0 Å². The third kappa shape index (κ3) is 14.7. The van der Waals surface area contributed by atoms with Crippen LogP contribution in [0, 0.1) is 0 Å². The Hall–Kier alpha value is -4.36. The molecule has 4 aromatic rings. The summed E-state index contributed by atoms with van der Waals surface area (Å²) in [6, 6.07) is 15.5. The second-order valence-corrected chi connectivity index (χ2v) is 13.2. The van der Waals surface area contributed by atoms with Crippen molar-refractivity contribution in [3.63, 3.8) is 0 Å². The Morgan fingerprint density at radius 2 is 1.17 bits per heavy atom. The van der Waals surface area contributed by atoms with Crippen LogP contribution in [0.25, 0.3) is 22.5 Å². The number of hydrogen-bond donors (Lipinski definition) is 4. The van der Waals surface area contributed by atoms with E-state index >= 15 is 0 Å². The first-order chi connectivity index (χ1) is 23.1. The topological polar surface area (TPSA) is 175 Å². The van der Waals surface area contributed by atoms with E-state index in [1.165, 1.54) is 13.8 Å². The first-order valence-electron chi connectivity index (χ1n) is 16.3. The van der Waals surface area contributed by atoms with Crippen molar-refractivity contribution >= 4 is 30.1 Å². The Morgan fingerprint density at radius 1 is 0.769 bits per heavy atom. The van der Waals surface area contributed by atoms with Gasteiger partial charge in [-0.2, -0.15) is 0 Å². The lowest BCUT2D eigenvalue weighted by atomic mass is 10.0. The van der Waals surface area contributed by atoms with Gasteiger partial charge in [0.2, 0.25) is 0 Å². The molecule has 288 valence electrons. The molecular weight excluding hydrogens is 684 g/mol. The monoisotopic (exact) mass is 742 g/mol. The summed E-state index contributed by atoms with van der Waals surface area (Å²) in [4.78, 5) is 43.7. The molecule has 0 saturated heterocycles. The second kappa shape index (κ2) is 21.9. The van der Waals surface area contributed by atoms with E-state index in [9.17, 15) is 19.5 Å². The molecule has 0 radical (unpaired) electrons. The fourth-order valence-corrected chi connectivity index (χ4v) is 5.20. The molecule has 2 aromatic carbocycles. The maximum absolute atomic E-state index is 12.0. The number of nitrogens with one attached hydrogen (secondary N) is 1. The number of rotatable bonds is 13. The van der Waals surface area contributed by atoms with Gasteiger partial charge < -0.3 is 35.1 Å². The van der Waals surface area contributed by atoms with Crippen molar-refractivity contribution in [3.05, 3.63) is 83.7 Å². The number of alkyl carbamates (subject to hydrolysis) is 1. The van der Waals surface area contributed by atoms with E-state index in [1.807, 2.05) is 88.7 Å². The number of hydrogen-bond acceptors (Lipinski definition) is 9. The van der Waals surface area contributed by atoms with Crippen molar-refractivity contribution in [3.8, 4) is 22.5 Å². The number of benzene rings is 2. The minimum atomic E-state index is -0.573. The number of nitrogens with two attached hydrogens (primary N) is 1. The zero-order valence-electron chi connectivity index (χ0n) is 30.0. The molecule has 0 aliphatic rings. The number of aryl methyl sites for hydroxylation is 2. The van der Waals surface area contributed by atoms with Gasteiger partial charge in [-0.1, -0.05) is 63.4 Å². The van der Waals surface area contributed by atoms with E-state index in [2.05, 4.69) is 15.3 Å². The van der Waals surface area contributed by atoms with Gasteiger partial charge in [-0.15, -0.1) is 12.4 Å². The van der Waals surface area contributed by atoms with Gasteiger partial charge in [-0.3, -0.25) is 9.59 Å². The van der Waals surface area contributed by atoms with Crippen LogP contribution in [0.15, 0.2) is 60.9 Å². The predicted octanol–water partition coefficient (Wildman–Crippen LogP) is 6.34. The smallest absolute Gasteiger partial charge is 0.407 e. The van der Waals surface area contributed by atoms with E-state index in [-0.39, 0.29) is 64.1 Å². The van der Waals surface area contributed by atoms with Crippen molar-refractivity contribution in [2.75, 3.05) is 13.2 Å². The summed E-state index contributed by atoms with van der Waals surface area (Å²) in [7, 11) is 3.61. The van der Waals surface area contributed by atoms with Crippen LogP contribution in [-0.2, 0) is 31.7 Å². The lowest BCUT2D eigenvalue weighted by molar-refractivity contribution is 0.0496. The highest BCUT2D eigenvalue weighted by Crippen LogP contribution is 2.21. The van der Waals surface area contributed by atoms with Gasteiger partial charge in [0.05, 0.1) is 11.4 Å². The predicted molar refractivity (Wildman–Crippen MR) is 210 cm³/mol. The molecule has 0 saturated carbocycles. The fourth-order valence-electron chi connectivity index (χ4n) is 5.20. The summed E-state index contributed by atoms with van der Waals surface area (Å²) in [5.41, 5.74) is 10.9. The van der Waals surface area contributed by atoms with Crippen LogP contribution in [0.3, 0.4) is 0 Å². The Bertz CT molecular complexity index is 1690. The largest absolute Gasteiger partial charge is 0.444 e. The van der Waals surface area contributed by atoms with Crippen LogP contribution in [0.1, 0.15) is 94.7 Å². The quantitative estimate of drug-likeness (QED) is 0.114. The van der Waals surface area contributed by atoms with Crippen LogP contribution in [-0.4, -0.2) is 77.9 Å². The van der Waals surface area contributed by atoms with Crippen molar-refractivity contribution in [2.24, 2.45) is 19.8 Å². The molecular formula is C39H59ClN6O6. The SMILES string of the molecule is C.C.CC(=O)c1nc(-c2ccc(C[C@H](CCO)NC(=O)OC(C)(C)C)cc2)cn1C.CC(=O)c1nc(-c2ccc(C[C@H](N)CCO)cc2)cn1C.Cl. The van der Waals surface area contributed by atoms with Gasteiger partial charge in [-0.25, -0.2) is 14.8 Å². The summed E-state index contributed by atoms with van der Waals surface area (Å²) in [6.07, 6.45) is 5.52. The lowest BCUT2D eigenvalue weighted by Gasteiger charge is -2.23. The second-order valence-electron chi connectivity index (χ2n) is 13.2. The standard InChI is InChI=1S/C21H29N3O4.C16H21N3O2.2CH4.ClH/c1-14(26)19-23-18(13-24(19)5)16-8-6-15(7-9-16)12-17(10-11-25)22-20(27)28-21(2,3)4;1-11(21)16-18-15(10-19(16)2)13-5-3-12(4-6-13)9-14(17)7-8-20;;;/h6-9,13,17,25H,10-12H2,1-5H3,(H,22,27);3-6,10,14,20H,7-9,17H2,1-2H3;2*1H4;1H/t17-;14-;;;/m01.../s1. The molecule has 5 N–H and O–H groups in total. The van der Waals surface area contributed by atoms with Crippen LogP contribution >= 0.6 is 12.4 Å². The first-order valence-corrected chi connectivity index (χ1v) is 16.3. The highest BCUT2D eigenvalue weighted by Gasteiger charge is 2.20. The maximum atomic E-state index is 12.0. The van der Waals surface area contributed by atoms with Crippen LogP contribution in [0.5, 0.6) is 0 Å². The van der Waals surface area contributed by atoms with Gasteiger partial charge in [0, 0.05) is 76.8 Å². The zero-order valence-corrected chi connectivity index (χ0v) is 30.8. The van der Waals surface area contributed by atoms with E-state index < -0.39 is 11.7 Å². The van der Waals surface area contributed by atoms with Crippen molar-refractivity contribution < 1.29 is 29.3 Å². The molecule has 2 heterocycles. The van der Waals surface area contributed by atoms with Gasteiger partial charge in [-0.05, 0) is 57.6 Å². The fraction of sp³-hybridized carbons (Fsp3) is 0.462. The number of aromatic nitrogens is 4. The summed E-state index contributed by atoms with van der Waals surface area (Å²) < 4.78 is 8.75. The average Bonchev–Trinajstić information content (AvgIpc) is 3.60. The molecule has 0 bridgehead atoms. The Balaban J connectivity index is 0.000000978. The Kier molecular flexibility index (Phi) is 20.0. The summed E-state index contributed by atoms with van der Waals surface area (Å²) in [5.74, 6) is 0.753. The minimum absolute atomic E-state index is 0. The van der Waals surface area contributed by atoms with Gasteiger partial charge in [0.25, 0.3) is 0 Å². The van der Waals surface area contributed by atoms with E-state index in [0.717, 1.165) is 40.1 Å². The third-order valence-corrected chi connectivity index (χ3v) is 7.56. The molecule has 0 unspecified atom stereocenters. The molecule has 13 heteroatoms. The molecule has 1 amide bonds. The third-order valence-electron chi connectivity index (χ3n) is 7.56. The number of ketones is 2. The number of Topliss-reactive ketones (excluding diaryl/α,β-unsaturated/α-hetero) is 2. The number of aliphatic hydroxyl groups excluding tert-OH is 2. The van der Waals surface area contributed by atoms with Gasteiger partial charge >= 0.3 is 6.09 Å². The molecule has 2 atom stereocenters. The van der Waals surface area contributed by atoms with E-state index in [1.54, 1.807) is 16.2 Å². The number of imidazole rings is 2. The number of aliphatic hydroxyl groups is 2. The highest BCUT2D eigenvalue weighted by atomic mass is 35.5. The number of nitrogens with zero attached hydrogens (tertiary/aromatic N) is 4. The van der Waals surface area contributed by atoms with Crippen molar-refractivity contribution in [2.45, 2.75) is 92.8 Å². The molecule has 0 spiro atoms. The van der Waals surface area contributed by atoms with Gasteiger partial charge in [0.1, 0.15) is 5.60 Å². The number of halogens is 1. The lowest BCUT2D eigenvalue weighted by Crippen LogP contribution is -2.40. The first kappa shape index (κ1) is 47.6. The highest BCUT2D eigenvalue weighted by molar-refractivity contribution is 5.92. The summed E-state index contributed by atoms with van der Waals surface area (Å²) in [6.45, 7) is 8.51. The normalized spacial score (nSPS) is 11.7. The average molecular weight is 743 g/mol. The minimum Gasteiger partial charge on any atom is -0.444 e. The number of ether oxygens (including phenoxy) is 1. The van der Waals surface area contributed by atoms with E-state index in [0.29, 0.717) is 30.9 Å². The summed E-state index contributed by atoms with van der Waals surface area (Å²) >= 11 is 0. The maximum Gasteiger partial charge on any atom is 0.407 e. The molecule has 4 rings (SSSR count). The molecule has 52 heavy (non-hydrogen) atoms. The Morgan fingerprint density at radius 3 is 1.52 bits per heavy atom. The molecule has 2 aromatic heterocycles. The molecule has 0 fully saturated rings. The van der Waals surface area contributed by atoms with Crippen molar-refractivity contribution in [1.82, 2.24) is 24.4 Å². The number of amides is 1. The molecule has 12 nitrogen and oxygen atoms in total. The van der Waals surface area contributed by atoms with Gasteiger partial charge in [0.15, 0.2) is 23.2 Å². The molecule has 0 aliphatic heterocycles. The molecule has 0 aliphatic carbocycles. The Labute approximate surface area is 315 Å². The number of carbonyl (C=O) groups is 3. The van der Waals surface area contributed by atoms with E-state index in [4.69, 9.17) is 15.6 Å². The van der Waals surface area contributed by atoms with Crippen LogP contribution in [0.4, 0.5) is 4.79 Å². The number of carbonyl (C=O) groups excluding carboxylic acids is 3. The zero-order chi connectivity index (χ0) is 36.3.